The van der Waals surface area contributed by atoms with Crippen molar-refractivity contribution in [2.45, 2.75) is 32.1 Å². The number of H-pyrrole nitrogens is 1. The Hall–Kier alpha value is -1.42. The summed E-state index contributed by atoms with van der Waals surface area (Å²) in [5.74, 6) is 1.69. The van der Waals surface area contributed by atoms with Crippen molar-refractivity contribution in [1.29, 1.82) is 0 Å². The van der Waals surface area contributed by atoms with Crippen LogP contribution in [0.25, 0.3) is 11.2 Å². The lowest BCUT2D eigenvalue weighted by atomic mass is 9.74. The third kappa shape index (κ3) is 1.90. The summed E-state index contributed by atoms with van der Waals surface area (Å²) in [6.07, 6.45) is 4.32. The lowest BCUT2D eigenvalue weighted by Crippen LogP contribution is -2.41. The first-order valence-electron chi connectivity index (χ1n) is 6.70. The minimum absolute atomic E-state index is 0.0636. The minimum Gasteiger partial charge on any atom is -0.340 e. The number of rotatable bonds is 2. The molecule has 18 heavy (non-hydrogen) atoms. The molecule has 1 aliphatic heterocycles. The summed E-state index contributed by atoms with van der Waals surface area (Å²) in [5.41, 5.74) is 1.92. The molecular weight excluding hydrogens is 224 g/mol. The first-order chi connectivity index (χ1) is 8.68. The molecule has 1 aliphatic rings. The quantitative estimate of drug-likeness (QED) is 0.851. The van der Waals surface area contributed by atoms with Crippen molar-refractivity contribution in [3.05, 3.63) is 24.2 Å². The lowest BCUT2D eigenvalue weighted by molar-refractivity contribution is 0.243. The molecule has 4 heteroatoms. The molecular formula is C14H20N4. The van der Waals surface area contributed by atoms with Gasteiger partial charge in [-0.25, -0.2) is 9.97 Å². The predicted octanol–water partition coefficient (Wildman–Crippen LogP) is 2.24. The fraction of sp³-hybridized carbons (Fsp3) is 0.571. The van der Waals surface area contributed by atoms with Crippen LogP contribution in [0.4, 0.5) is 0 Å². The van der Waals surface area contributed by atoms with Gasteiger partial charge in [0, 0.05) is 11.6 Å². The highest BCUT2D eigenvalue weighted by Crippen LogP contribution is 2.34. The molecule has 0 aromatic carbocycles. The van der Waals surface area contributed by atoms with Crippen molar-refractivity contribution in [2.75, 3.05) is 13.1 Å². The van der Waals surface area contributed by atoms with Gasteiger partial charge >= 0.3 is 0 Å². The van der Waals surface area contributed by atoms with Crippen LogP contribution in [0.5, 0.6) is 0 Å². The van der Waals surface area contributed by atoms with Crippen molar-refractivity contribution in [3.8, 4) is 0 Å². The molecule has 0 saturated carbocycles. The van der Waals surface area contributed by atoms with Crippen molar-refractivity contribution >= 4 is 11.2 Å². The van der Waals surface area contributed by atoms with E-state index in [1.807, 2.05) is 12.1 Å². The number of nitrogens with zero attached hydrogens (tertiary/aromatic N) is 2. The number of hydrogen-bond acceptors (Lipinski definition) is 3. The van der Waals surface area contributed by atoms with E-state index in [9.17, 15) is 0 Å². The first-order valence-corrected chi connectivity index (χ1v) is 6.70. The van der Waals surface area contributed by atoms with E-state index in [2.05, 4.69) is 34.1 Å². The zero-order chi connectivity index (χ0) is 12.6. The number of piperidine rings is 1. The van der Waals surface area contributed by atoms with E-state index < -0.39 is 0 Å². The Morgan fingerprint density at radius 2 is 2.28 bits per heavy atom. The fourth-order valence-electron chi connectivity index (χ4n) is 2.81. The van der Waals surface area contributed by atoms with E-state index in [0.717, 1.165) is 30.1 Å². The Morgan fingerprint density at radius 3 is 3.00 bits per heavy atom. The molecule has 4 nitrogen and oxygen atoms in total. The Morgan fingerprint density at radius 1 is 1.39 bits per heavy atom. The average molecular weight is 244 g/mol. The molecule has 1 fully saturated rings. The molecule has 96 valence electrons. The van der Waals surface area contributed by atoms with Gasteiger partial charge in [-0.2, -0.15) is 0 Å². The molecule has 1 saturated heterocycles. The summed E-state index contributed by atoms with van der Waals surface area (Å²) in [7, 11) is 0. The zero-order valence-corrected chi connectivity index (χ0v) is 11.0. The van der Waals surface area contributed by atoms with Crippen LogP contribution in [0.1, 0.15) is 32.5 Å². The largest absolute Gasteiger partial charge is 0.340 e. The van der Waals surface area contributed by atoms with E-state index in [-0.39, 0.29) is 5.41 Å². The van der Waals surface area contributed by atoms with Crippen molar-refractivity contribution in [1.82, 2.24) is 20.3 Å². The lowest BCUT2D eigenvalue weighted by Gasteiger charge is -2.35. The van der Waals surface area contributed by atoms with Gasteiger partial charge in [0.25, 0.3) is 0 Å². The normalized spacial score (nSPS) is 21.3. The van der Waals surface area contributed by atoms with Crippen LogP contribution < -0.4 is 5.32 Å². The molecule has 2 N–H and O–H groups in total. The molecule has 2 aromatic rings. The first kappa shape index (κ1) is 11.7. The van der Waals surface area contributed by atoms with Gasteiger partial charge in [0.05, 0.1) is 5.52 Å². The number of nitrogens with one attached hydrogen (secondary N) is 2. The van der Waals surface area contributed by atoms with Crippen LogP contribution in [-0.2, 0) is 5.41 Å². The summed E-state index contributed by atoms with van der Waals surface area (Å²) >= 11 is 0. The maximum absolute atomic E-state index is 4.67. The van der Waals surface area contributed by atoms with Crippen molar-refractivity contribution in [2.24, 2.45) is 5.92 Å². The Bertz CT molecular complexity index is 504. The number of pyridine rings is 1. The third-order valence-electron chi connectivity index (χ3n) is 4.19. The van der Waals surface area contributed by atoms with Crippen molar-refractivity contribution < 1.29 is 0 Å². The van der Waals surface area contributed by atoms with Gasteiger partial charge in [0.1, 0.15) is 5.82 Å². The second-order valence-electron chi connectivity index (χ2n) is 5.72. The van der Waals surface area contributed by atoms with E-state index in [1.165, 1.54) is 12.8 Å². The van der Waals surface area contributed by atoms with Gasteiger partial charge in [-0.05, 0) is 44.0 Å². The summed E-state index contributed by atoms with van der Waals surface area (Å²) in [6.45, 7) is 6.79. The molecule has 0 spiro atoms. The second kappa shape index (κ2) is 4.35. The van der Waals surface area contributed by atoms with Crippen LogP contribution >= 0.6 is 0 Å². The number of imidazole rings is 1. The van der Waals surface area contributed by atoms with Gasteiger partial charge in [0.15, 0.2) is 5.65 Å². The summed E-state index contributed by atoms with van der Waals surface area (Å²) in [4.78, 5) is 12.4. The Labute approximate surface area is 107 Å². The van der Waals surface area contributed by atoms with Gasteiger partial charge in [-0.3, -0.25) is 0 Å². The highest BCUT2D eigenvalue weighted by atomic mass is 15.0. The monoisotopic (exact) mass is 244 g/mol. The van der Waals surface area contributed by atoms with Gasteiger partial charge < -0.3 is 10.3 Å². The maximum Gasteiger partial charge on any atom is 0.177 e. The van der Waals surface area contributed by atoms with Gasteiger partial charge in [0.2, 0.25) is 0 Å². The molecule has 0 amide bonds. The smallest absolute Gasteiger partial charge is 0.177 e. The minimum atomic E-state index is 0.0636. The molecule has 2 aromatic heterocycles. The van der Waals surface area contributed by atoms with Crippen molar-refractivity contribution in [3.63, 3.8) is 0 Å². The SMILES string of the molecule is CC(C)(c1nc2ncccc2[nH]1)C1CCCNC1. The molecule has 3 heterocycles. The third-order valence-corrected chi connectivity index (χ3v) is 4.19. The summed E-state index contributed by atoms with van der Waals surface area (Å²) in [6, 6.07) is 3.98. The van der Waals surface area contributed by atoms with Crippen LogP contribution in [0.3, 0.4) is 0 Å². The molecule has 1 atom stereocenters. The zero-order valence-electron chi connectivity index (χ0n) is 11.0. The van der Waals surface area contributed by atoms with Crippen LogP contribution in [0.2, 0.25) is 0 Å². The van der Waals surface area contributed by atoms with E-state index in [1.54, 1.807) is 6.20 Å². The van der Waals surface area contributed by atoms with E-state index in [4.69, 9.17) is 0 Å². The highest BCUT2D eigenvalue weighted by molar-refractivity contribution is 5.70. The van der Waals surface area contributed by atoms with E-state index >= 15 is 0 Å². The molecule has 1 unspecified atom stereocenters. The number of aromatic nitrogens is 3. The van der Waals surface area contributed by atoms with Gasteiger partial charge in [-0.1, -0.05) is 13.8 Å². The molecule has 0 bridgehead atoms. The van der Waals surface area contributed by atoms with Crippen LogP contribution in [0, 0.1) is 5.92 Å². The highest BCUT2D eigenvalue weighted by Gasteiger charge is 2.34. The van der Waals surface area contributed by atoms with E-state index in [0.29, 0.717) is 5.92 Å². The summed E-state index contributed by atoms with van der Waals surface area (Å²) < 4.78 is 0. The molecule has 3 rings (SSSR count). The topological polar surface area (TPSA) is 53.6 Å². The Kier molecular flexibility index (Phi) is 2.82. The molecule has 0 aliphatic carbocycles. The fourth-order valence-corrected chi connectivity index (χ4v) is 2.81. The number of aromatic amines is 1. The molecule has 0 radical (unpaired) electrons. The second-order valence-corrected chi connectivity index (χ2v) is 5.72. The number of fused-ring (bicyclic) bond motifs is 1. The number of hydrogen-bond donors (Lipinski definition) is 2. The predicted molar refractivity (Wildman–Crippen MR) is 72.5 cm³/mol. The van der Waals surface area contributed by atoms with Gasteiger partial charge in [-0.15, -0.1) is 0 Å². The Balaban J connectivity index is 1.96. The standard InChI is InChI=1S/C14H20N4/c1-14(2,10-5-3-7-15-9-10)13-17-11-6-4-8-16-12(11)18-13/h4,6,8,10,15H,3,5,7,9H2,1-2H3,(H,16,17,18). The van der Waals surface area contributed by atoms with Crippen LogP contribution in [0.15, 0.2) is 18.3 Å². The maximum atomic E-state index is 4.67. The summed E-state index contributed by atoms with van der Waals surface area (Å²) in [5, 5.41) is 3.49. The average Bonchev–Trinajstić information content (AvgIpc) is 2.84. The van der Waals surface area contributed by atoms with Crippen LogP contribution in [-0.4, -0.2) is 28.0 Å².